The Morgan fingerprint density at radius 3 is 2.65 bits per heavy atom. The van der Waals surface area contributed by atoms with E-state index in [9.17, 15) is 9.59 Å². The molecule has 0 aromatic rings. The number of ether oxygens (including phenoxy) is 1. The Labute approximate surface area is 120 Å². The fourth-order valence-electron chi connectivity index (χ4n) is 2.69. The second-order valence-corrected chi connectivity index (χ2v) is 5.90. The maximum atomic E-state index is 12.2. The van der Waals surface area contributed by atoms with Crippen LogP contribution in [0.5, 0.6) is 0 Å². The number of carbonyl (C=O) groups excluding carboxylic acids is 2. The van der Waals surface area contributed by atoms with Crippen molar-refractivity contribution >= 4 is 11.8 Å². The number of likely N-dealkylation sites (N-methyl/N-ethyl adjacent to an activating group) is 1. The van der Waals surface area contributed by atoms with Crippen molar-refractivity contribution in [1.29, 1.82) is 0 Å². The number of hydrogen-bond acceptors (Lipinski definition) is 4. The van der Waals surface area contributed by atoms with Gasteiger partial charge in [-0.1, -0.05) is 0 Å². The molecule has 0 N–H and O–H groups in total. The Morgan fingerprint density at radius 2 is 2.05 bits per heavy atom. The van der Waals surface area contributed by atoms with Gasteiger partial charge in [0.1, 0.15) is 6.10 Å². The quantitative estimate of drug-likeness (QED) is 0.716. The predicted octanol–water partition coefficient (Wildman–Crippen LogP) is -0.214. The van der Waals surface area contributed by atoms with Crippen LogP contribution >= 0.6 is 0 Å². The molecule has 1 unspecified atom stereocenters. The van der Waals surface area contributed by atoms with Crippen molar-refractivity contribution in [2.75, 3.05) is 47.4 Å². The van der Waals surface area contributed by atoms with Crippen molar-refractivity contribution in [3.8, 4) is 0 Å². The van der Waals surface area contributed by atoms with Crippen LogP contribution < -0.4 is 0 Å². The molecule has 2 aliphatic heterocycles. The van der Waals surface area contributed by atoms with Crippen LogP contribution in [0, 0.1) is 0 Å². The van der Waals surface area contributed by atoms with Crippen molar-refractivity contribution < 1.29 is 14.3 Å². The van der Waals surface area contributed by atoms with Gasteiger partial charge >= 0.3 is 0 Å². The van der Waals surface area contributed by atoms with Gasteiger partial charge in [-0.15, -0.1) is 0 Å². The summed E-state index contributed by atoms with van der Waals surface area (Å²) in [5.41, 5.74) is 0. The lowest BCUT2D eigenvalue weighted by Gasteiger charge is -2.43. The van der Waals surface area contributed by atoms with Gasteiger partial charge in [0.05, 0.1) is 6.54 Å². The molecule has 6 heteroatoms. The molecule has 6 nitrogen and oxygen atoms in total. The van der Waals surface area contributed by atoms with Crippen LogP contribution in [0.15, 0.2) is 0 Å². The second kappa shape index (κ2) is 6.54. The minimum absolute atomic E-state index is 0.0389. The number of nitrogens with zero attached hydrogens (tertiary/aromatic N) is 3. The molecule has 0 saturated carbocycles. The van der Waals surface area contributed by atoms with Crippen LogP contribution in [-0.2, 0) is 14.3 Å². The van der Waals surface area contributed by atoms with E-state index in [1.165, 1.54) is 0 Å². The van der Waals surface area contributed by atoms with E-state index in [1.54, 1.807) is 12.0 Å². The fraction of sp³-hybridized carbons (Fsp3) is 0.857. The third-order valence-electron chi connectivity index (χ3n) is 4.29. The first-order valence-corrected chi connectivity index (χ1v) is 7.28. The third kappa shape index (κ3) is 3.30. The summed E-state index contributed by atoms with van der Waals surface area (Å²) in [5, 5.41) is 0. The molecule has 0 aromatic carbocycles. The average Bonchev–Trinajstić information content (AvgIpc) is 2.50. The Kier molecular flexibility index (Phi) is 4.99. The summed E-state index contributed by atoms with van der Waals surface area (Å²) >= 11 is 0. The van der Waals surface area contributed by atoms with E-state index in [-0.39, 0.29) is 24.5 Å². The summed E-state index contributed by atoms with van der Waals surface area (Å²) in [7, 11) is 5.60. The van der Waals surface area contributed by atoms with Gasteiger partial charge in [0.15, 0.2) is 0 Å². The van der Waals surface area contributed by atoms with E-state index < -0.39 is 0 Å². The summed E-state index contributed by atoms with van der Waals surface area (Å²) in [6.45, 7) is 2.39. The number of amides is 2. The van der Waals surface area contributed by atoms with E-state index in [0.717, 1.165) is 32.4 Å². The smallest absolute Gasteiger partial charge is 0.252 e. The Balaban J connectivity index is 1.85. The lowest BCUT2D eigenvalue weighted by molar-refractivity contribution is -0.149. The maximum absolute atomic E-state index is 12.2. The molecule has 114 valence electrons. The molecule has 2 fully saturated rings. The third-order valence-corrected chi connectivity index (χ3v) is 4.29. The SMILES string of the molecule is COC1CCCCN(CC(=O)N2CC(N(C)C)C2)C1=O. The van der Waals surface area contributed by atoms with Gasteiger partial charge < -0.3 is 19.4 Å². The van der Waals surface area contributed by atoms with E-state index in [1.807, 2.05) is 19.0 Å². The Hall–Kier alpha value is -1.14. The Morgan fingerprint density at radius 1 is 1.35 bits per heavy atom. The Bertz CT molecular complexity index is 367. The summed E-state index contributed by atoms with van der Waals surface area (Å²) in [5.74, 6) is 0.0104. The first-order valence-electron chi connectivity index (χ1n) is 7.28. The van der Waals surface area contributed by atoms with Gasteiger partial charge in [0, 0.05) is 32.8 Å². The maximum Gasteiger partial charge on any atom is 0.252 e. The number of hydrogen-bond donors (Lipinski definition) is 0. The van der Waals surface area contributed by atoms with E-state index in [0.29, 0.717) is 12.6 Å². The number of rotatable bonds is 4. The van der Waals surface area contributed by atoms with Gasteiger partial charge in [-0.25, -0.2) is 0 Å². The molecule has 20 heavy (non-hydrogen) atoms. The summed E-state index contributed by atoms with van der Waals surface area (Å²) in [4.78, 5) is 30.0. The van der Waals surface area contributed by atoms with Crippen LogP contribution in [0.4, 0.5) is 0 Å². The van der Waals surface area contributed by atoms with Crippen LogP contribution in [0.3, 0.4) is 0 Å². The largest absolute Gasteiger partial charge is 0.372 e. The van der Waals surface area contributed by atoms with E-state index in [4.69, 9.17) is 4.74 Å². The molecule has 0 bridgehead atoms. The molecule has 0 spiro atoms. The summed E-state index contributed by atoms with van der Waals surface area (Å²) < 4.78 is 5.22. The lowest BCUT2D eigenvalue weighted by Crippen LogP contribution is -2.61. The average molecular weight is 283 g/mol. The van der Waals surface area contributed by atoms with Gasteiger partial charge in [-0.05, 0) is 33.4 Å². The minimum Gasteiger partial charge on any atom is -0.372 e. The summed E-state index contributed by atoms with van der Waals surface area (Å²) in [6.07, 6.45) is 2.30. The zero-order chi connectivity index (χ0) is 14.7. The van der Waals surface area contributed by atoms with Gasteiger partial charge in [-0.3, -0.25) is 9.59 Å². The molecule has 0 aliphatic carbocycles. The predicted molar refractivity (Wildman–Crippen MR) is 75.3 cm³/mol. The molecule has 2 aliphatic rings. The molecule has 2 rings (SSSR count). The molecular weight excluding hydrogens is 258 g/mol. The normalized spacial score (nSPS) is 24.8. The molecule has 0 radical (unpaired) electrons. The van der Waals surface area contributed by atoms with Crippen molar-refractivity contribution in [3.63, 3.8) is 0 Å². The van der Waals surface area contributed by atoms with Gasteiger partial charge in [-0.2, -0.15) is 0 Å². The van der Waals surface area contributed by atoms with Crippen molar-refractivity contribution in [2.45, 2.75) is 31.4 Å². The molecule has 0 aromatic heterocycles. The van der Waals surface area contributed by atoms with Gasteiger partial charge in [0.25, 0.3) is 5.91 Å². The van der Waals surface area contributed by atoms with E-state index >= 15 is 0 Å². The zero-order valence-electron chi connectivity index (χ0n) is 12.7. The van der Waals surface area contributed by atoms with Crippen molar-refractivity contribution in [3.05, 3.63) is 0 Å². The molecule has 1 atom stereocenters. The first-order chi connectivity index (χ1) is 9.52. The number of likely N-dealkylation sites (tertiary alicyclic amines) is 2. The van der Waals surface area contributed by atoms with Crippen LogP contribution in [0.25, 0.3) is 0 Å². The summed E-state index contributed by atoms with van der Waals surface area (Å²) in [6, 6.07) is 0.450. The van der Waals surface area contributed by atoms with Crippen molar-refractivity contribution in [1.82, 2.24) is 14.7 Å². The van der Waals surface area contributed by atoms with Gasteiger partial charge in [0.2, 0.25) is 5.91 Å². The topological polar surface area (TPSA) is 53.1 Å². The number of methoxy groups -OCH3 is 1. The standard InChI is InChI=1S/C14H25N3O3/c1-15(2)11-8-17(9-11)13(18)10-16-7-5-4-6-12(20-3)14(16)19/h11-12H,4-10H2,1-3H3. The lowest BCUT2D eigenvalue weighted by atomic mass is 10.1. The highest BCUT2D eigenvalue weighted by molar-refractivity contribution is 5.87. The molecule has 2 heterocycles. The molecule has 2 amide bonds. The molecular formula is C14H25N3O3. The highest BCUT2D eigenvalue weighted by Gasteiger charge is 2.34. The highest BCUT2D eigenvalue weighted by atomic mass is 16.5. The van der Waals surface area contributed by atoms with Crippen LogP contribution in [-0.4, -0.2) is 86.0 Å². The monoisotopic (exact) mass is 283 g/mol. The molecule has 2 saturated heterocycles. The zero-order valence-corrected chi connectivity index (χ0v) is 12.7. The van der Waals surface area contributed by atoms with Crippen LogP contribution in [0.1, 0.15) is 19.3 Å². The minimum atomic E-state index is -0.379. The first kappa shape index (κ1) is 15.3. The van der Waals surface area contributed by atoms with E-state index in [2.05, 4.69) is 4.90 Å². The van der Waals surface area contributed by atoms with Crippen LogP contribution in [0.2, 0.25) is 0 Å². The fourth-order valence-corrected chi connectivity index (χ4v) is 2.69. The number of carbonyl (C=O) groups is 2. The second-order valence-electron chi connectivity index (χ2n) is 5.90. The van der Waals surface area contributed by atoms with Crippen molar-refractivity contribution in [2.24, 2.45) is 0 Å². The highest BCUT2D eigenvalue weighted by Crippen LogP contribution is 2.17.